The van der Waals surface area contributed by atoms with E-state index in [4.69, 9.17) is 28.2 Å². The Bertz CT molecular complexity index is 1250. The molecule has 0 saturated heterocycles. The Morgan fingerprint density at radius 2 is 1.63 bits per heavy atom. The lowest BCUT2D eigenvalue weighted by atomic mass is 10.1. The number of benzene rings is 2. The Morgan fingerprint density at radius 3 is 2.24 bits per heavy atom. The zero-order chi connectivity index (χ0) is 29.8. The smallest absolute Gasteiger partial charge is 0.408 e. The highest BCUT2D eigenvalue weighted by molar-refractivity contribution is 5.68. The van der Waals surface area contributed by atoms with Gasteiger partial charge in [-0.05, 0) is 57.7 Å². The molecule has 3 aromatic rings. The maximum atomic E-state index is 12.7. The van der Waals surface area contributed by atoms with Crippen LogP contribution in [0.4, 0.5) is 9.59 Å². The van der Waals surface area contributed by atoms with Crippen LogP contribution >= 0.6 is 0 Å². The van der Waals surface area contributed by atoms with E-state index in [-0.39, 0.29) is 18.3 Å². The first-order valence-electron chi connectivity index (χ1n) is 13.2. The second-order valence-corrected chi connectivity index (χ2v) is 10.1. The van der Waals surface area contributed by atoms with Gasteiger partial charge in [0.05, 0.1) is 21.3 Å². The van der Waals surface area contributed by atoms with E-state index in [0.29, 0.717) is 48.6 Å². The Kier molecular flexibility index (Phi) is 11.2. The Morgan fingerprint density at radius 1 is 0.951 bits per heavy atom. The van der Waals surface area contributed by atoms with E-state index in [2.05, 4.69) is 20.8 Å². The molecule has 3 rings (SSSR count). The third-order valence-electron chi connectivity index (χ3n) is 5.76. The molecule has 12 nitrogen and oxygen atoms in total. The maximum absolute atomic E-state index is 12.7. The van der Waals surface area contributed by atoms with Gasteiger partial charge in [0.2, 0.25) is 17.5 Å². The molecule has 12 heteroatoms. The molecule has 0 spiro atoms. The fourth-order valence-electron chi connectivity index (χ4n) is 3.85. The number of carbonyl (C=O) groups excluding carboxylic acids is 2. The number of amides is 2. The summed E-state index contributed by atoms with van der Waals surface area (Å²) in [5, 5.41) is 9.67. The minimum Gasteiger partial charge on any atom is -0.493 e. The predicted octanol–water partition coefficient (Wildman–Crippen LogP) is 5.42. The SMILES string of the molecule is COc1cc(-c2noc(C(CCCCNC(=O)OC(C)(C)C)NC(=O)OCc3ccccc3)n2)cc(OC)c1OC. The molecule has 2 amide bonds. The minimum atomic E-state index is -0.636. The summed E-state index contributed by atoms with van der Waals surface area (Å²) >= 11 is 0. The van der Waals surface area contributed by atoms with Gasteiger partial charge in [-0.15, -0.1) is 0 Å². The van der Waals surface area contributed by atoms with E-state index < -0.39 is 23.8 Å². The number of methoxy groups -OCH3 is 3. The van der Waals surface area contributed by atoms with E-state index in [9.17, 15) is 9.59 Å². The lowest BCUT2D eigenvalue weighted by Crippen LogP contribution is -2.33. The van der Waals surface area contributed by atoms with Gasteiger partial charge in [-0.3, -0.25) is 0 Å². The molecule has 0 aliphatic rings. The van der Waals surface area contributed by atoms with Gasteiger partial charge in [-0.25, -0.2) is 9.59 Å². The first-order valence-corrected chi connectivity index (χ1v) is 13.2. The molecule has 222 valence electrons. The van der Waals surface area contributed by atoms with Crippen LogP contribution in [0, 0.1) is 0 Å². The summed E-state index contributed by atoms with van der Waals surface area (Å²) in [6.45, 7) is 5.92. The van der Waals surface area contributed by atoms with Crippen LogP contribution in [0.15, 0.2) is 47.0 Å². The summed E-state index contributed by atoms with van der Waals surface area (Å²) in [6.07, 6.45) is 0.598. The van der Waals surface area contributed by atoms with Crippen LogP contribution in [-0.4, -0.2) is 55.8 Å². The summed E-state index contributed by atoms with van der Waals surface area (Å²) < 4.78 is 32.5. The highest BCUT2D eigenvalue weighted by Crippen LogP contribution is 2.40. The van der Waals surface area contributed by atoms with Crippen molar-refractivity contribution in [3.8, 4) is 28.6 Å². The number of ether oxygens (including phenoxy) is 5. The number of hydrogen-bond acceptors (Lipinski definition) is 10. The molecule has 1 atom stereocenters. The van der Waals surface area contributed by atoms with Gasteiger partial charge in [0.25, 0.3) is 0 Å². The molecule has 1 aromatic heterocycles. The van der Waals surface area contributed by atoms with Crippen molar-refractivity contribution in [1.82, 2.24) is 20.8 Å². The predicted molar refractivity (Wildman–Crippen MR) is 150 cm³/mol. The monoisotopic (exact) mass is 570 g/mol. The van der Waals surface area contributed by atoms with E-state index in [1.54, 1.807) is 32.9 Å². The first kappa shape index (κ1) is 31.1. The fourth-order valence-corrected chi connectivity index (χ4v) is 3.85. The summed E-state index contributed by atoms with van der Waals surface area (Å²) in [5.74, 6) is 1.78. The average molecular weight is 571 g/mol. The molecule has 0 aliphatic carbocycles. The van der Waals surface area contributed by atoms with Gasteiger partial charge in [0, 0.05) is 12.1 Å². The highest BCUT2D eigenvalue weighted by atomic mass is 16.6. The maximum Gasteiger partial charge on any atom is 0.408 e. The van der Waals surface area contributed by atoms with Crippen LogP contribution in [0.3, 0.4) is 0 Å². The quantitative estimate of drug-likeness (QED) is 0.256. The van der Waals surface area contributed by atoms with Gasteiger partial charge in [-0.2, -0.15) is 4.98 Å². The molecule has 41 heavy (non-hydrogen) atoms. The third-order valence-corrected chi connectivity index (χ3v) is 5.76. The largest absolute Gasteiger partial charge is 0.493 e. The number of alkyl carbamates (subject to hydrolysis) is 2. The van der Waals surface area contributed by atoms with E-state index in [0.717, 1.165) is 5.56 Å². The van der Waals surface area contributed by atoms with Gasteiger partial charge in [0.1, 0.15) is 18.2 Å². The van der Waals surface area contributed by atoms with Crippen LogP contribution in [0.25, 0.3) is 11.4 Å². The zero-order valence-corrected chi connectivity index (χ0v) is 24.3. The first-order chi connectivity index (χ1) is 19.6. The van der Waals surface area contributed by atoms with Crippen LogP contribution in [-0.2, 0) is 16.1 Å². The lowest BCUT2D eigenvalue weighted by Gasteiger charge is -2.19. The van der Waals surface area contributed by atoms with Crippen molar-refractivity contribution in [2.24, 2.45) is 0 Å². The number of aromatic nitrogens is 2. The molecule has 0 fully saturated rings. The van der Waals surface area contributed by atoms with Gasteiger partial charge >= 0.3 is 12.2 Å². The molecule has 1 heterocycles. The number of carbonyl (C=O) groups is 2. The van der Waals surface area contributed by atoms with Crippen molar-refractivity contribution < 1.29 is 37.8 Å². The molecule has 0 aliphatic heterocycles. The Hall–Kier alpha value is -4.48. The number of rotatable bonds is 13. The molecule has 0 saturated carbocycles. The van der Waals surface area contributed by atoms with Crippen molar-refractivity contribution in [3.63, 3.8) is 0 Å². The summed E-state index contributed by atoms with van der Waals surface area (Å²) in [4.78, 5) is 29.1. The van der Waals surface area contributed by atoms with E-state index >= 15 is 0 Å². The molecular weight excluding hydrogens is 532 g/mol. The van der Waals surface area contributed by atoms with Gasteiger partial charge in [0.15, 0.2) is 11.5 Å². The van der Waals surface area contributed by atoms with Crippen LogP contribution < -0.4 is 24.8 Å². The molecule has 1 unspecified atom stereocenters. The molecule has 2 N–H and O–H groups in total. The zero-order valence-electron chi connectivity index (χ0n) is 24.3. The Balaban J connectivity index is 1.71. The third kappa shape index (κ3) is 9.59. The second kappa shape index (κ2) is 14.8. The number of nitrogens with one attached hydrogen (secondary N) is 2. The summed E-state index contributed by atoms with van der Waals surface area (Å²) in [6, 6.07) is 12.1. The van der Waals surface area contributed by atoms with Crippen LogP contribution in [0.5, 0.6) is 17.2 Å². The summed E-state index contributed by atoms with van der Waals surface area (Å²) in [7, 11) is 4.55. The van der Waals surface area contributed by atoms with Crippen LogP contribution in [0.2, 0.25) is 0 Å². The summed E-state index contributed by atoms with van der Waals surface area (Å²) in [5.41, 5.74) is 0.851. The van der Waals surface area contributed by atoms with E-state index in [1.807, 2.05) is 30.3 Å². The molecule has 2 aromatic carbocycles. The molecule has 0 radical (unpaired) electrons. The van der Waals surface area contributed by atoms with Crippen molar-refractivity contribution in [2.75, 3.05) is 27.9 Å². The number of unbranched alkanes of at least 4 members (excludes halogenated alkanes) is 1. The lowest BCUT2D eigenvalue weighted by molar-refractivity contribution is 0.0527. The number of nitrogens with zero attached hydrogens (tertiary/aromatic N) is 2. The number of hydrogen-bond donors (Lipinski definition) is 2. The van der Waals surface area contributed by atoms with Crippen molar-refractivity contribution >= 4 is 12.2 Å². The Labute approximate surface area is 239 Å². The molecule has 0 bridgehead atoms. The van der Waals surface area contributed by atoms with Crippen molar-refractivity contribution in [3.05, 3.63) is 53.9 Å². The second-order valence-electron chi connectivity index (χ2n) is 10.1. The average Bonchev–Trinajstić information content (AvgIpc) is 3.44. The topological polar surface area (TPSA) is 143 Å². The van der Waals surface area contributed by atoms with Crippen LogP contribution in [0.1, 0.15) is 57.5 Å². The van der Waals surface area contributed by atoms with Crippen molar-refractivity contribution in [2.45, 2.75) is 58.3 Å². The minimum absolute atomic E-state index is 0.111. The highest BCUT2D eigenvalue weighted by Gasteiger charge is 2.24. The normalized spacial score (nSPS) is 11.8. The van der Waals surface area contributed by atoms with Gasteiger partial charge < -0.3 is 38.8 Å². The van der Waals surface area contributed by atoms with Gasteiger partial charge in [-0.1, -0.05) is 35.5 Å². The van der Waals surface area contributed by atoms with E-state index in [1.165, 1.54) is 21.3 Å². The van der Waals surface area contributed by atoms with Crippen molar-refractivity contribution in [1.29, 1.82) is 0 Å². The fraction of sp³-hybridized carbons (Fsp3) is 0.448. The standard InChI is InChI=1S/C29H38N4O8/c1-29(2,3)40-27(34)30-15-11-10-14-21(31-28(35)39-18-19-12-8-7-9-13-19)26-32-25(33-41-26)20-16-22(36-4)24(38-6)23(17-20)37-5/h7-9,12-13,16-17,21H,10-11,14-15,18H2,1-6H3,(H,30,34)(H,31,35). The molecular formula is C29H38N4O8.